The summed E-state index contributed by atoms with van der Waals surface area (Å²) in [5.41, 5.74) is 1.27. The fraction of sp³-hybridized carbons (Fsp3) is 0.500. The molecule has 3 rings (SSSR count). The molecule has 1 saturated heterocycles. The Morgan fingerprint density at radius 2 is 1.89 bits per heavy atom. The van der Waals surface area contributed by atoms with Gasteiger partial charge in [0.2, 0.25) is 0 Å². The van der Waals surface area contributed by atoms with Gasteiger partial charge in [0, 0.05) is 24.8 Å². The topological polar surface area (TPSA) is 103 Å². The van der Waals surface area contributed by atoms with Gasteiger partial charge in [0.1, 0.15) is 5.60 Å². The Hall–Kier alpha value is -2.79. The number of esters is 2. The molecule has 9 nitrogen and oxygen atoms in total. The molecular weight excluding hydrogens is 564 g/mol. The predicted octanol–water partition coefficient (Wildman–Crippen LogP) is 5.72. The average molecular weight is 598 g/mol. The molecule has 1 aromatic heterocycles. The number of benzene rings is 1. The molecule has 1 aliphatic rings. The Kier molecular flexibility index (Phi) is 9.83. The Labute approximate surface area is 229 Å². The summed E-state index contributed by atoms with van der Waals surface area (Å²) in [5.74, 6) is -0.837. The summed E-state index contributed by atoms with van der Waals surface area (Å²) in [4.78, 5) is 39.3. The van der Waals surface area contributed by atoms with E-state index in [1.165, 1.54) is 18.4 Å². The maximum Gasteiger partial charge on any atom is 0.410 e. The van der Waals surface area contributed by atoms with Gasteiger partial charge in [-0.05, 0) is 74.2 Å². The van der Waals surface area contributed by atoms with Crippen LogP contribution in [0.2, 0.25) is 0 Å². The number of anilines is 1. The van der Waals surface area contributed by atoms with E-state index in [1.54, 1.807) is 11.8 Å². The number of thiophene rings is 1. The monoisotopic (exact) mass is 596 g/mol. The standard InChI is InChI=1S/C26H33BrN2O7S/c1-6-34-19(30)15-35-21-20(27)22(37-23(21)24(31)33-5)16-8-7-9-18(14-16)28-17-10-12-29(13-11-17)25(32)36-26(2,3)4/h7-9,14,17,28H,6,10-13,15H2,1-5H3. The van der Waals surface area contributed by atoms with Crippen molar-refractivity contribution >= 4 is 51.0 Å². The molecule has 2 aromatic rings. The first kappa shape index (κ1) is 28.8. The highest BCUT2D eigenvalue weighted by Crippen LogP contribution is 2.46. The van der Waals surface area contributed by atoms with Crippen molar-refractivity contribution in [3.05, 3.63) is 33.6 Å². The third-order valence-electron chi connectivity index (χ3n) is 5.46. The lowest BCUT2D eigenvalue weighted by molar-refractivity contribution is -0.145. The second kappa shape index (κ2) is 12.6. The molecule has 0 spiro atoms. The number of ether oxygens (including phenoxy) is 4. The number of hydrogen-bond acceptors (Lipinski definition) is 9. The van der Waals surface area contributed by atoms with Crippen LogP contribution in [0.5, 0.6) is 5.75 Å². The number of halogens is 1. The highest BCUT2D eigenvalue weighted by atomic mass is 79.9. The molecule has 37 heavy (non-hydrogen) atoms. The zero-order valence-electron chi connectivity index (χ0n) is 21.7. The summed E-state index contributed by atoms with van der Waals surface area (Å²) >= 11 is 4.76. The van der Waals surface area contributed by atoms with Crippen LogP contribution in [0.25, 0.3) is 10.4 Å². The smallest absolute Gasteiger partial charge is 0.410 e. The molecule has 0 unspecified atom stereocenters. The van der Waals surface area contributed by atoms with Crippen molar-refractivity contribution in [1.82, 2.24) is 4.90 Å². The minimum Gasteiger partial charge on any atom is -0.479 e. The molecule has 1 amide bonds. The van der Waals surface area contributed by atoms with E-state index in [4.69, 9.17) is 18.9 Å². The Balaban J connectivity index is 1.72. The van der Waals surface area contributed by atoms with Crippen LogP contribution in [-0.4, -0.2) is 68.0 Å². The molecule has 0 saturated carbocycles. The Morgan fingerprint density at radius 3 is 2.51 bits per heavy atom. The van der Waals surface area contributed by atoms with Crippen LogP contribution in [0, 0.1) is 0 Å². The third kappa shape index (κ3) is 7.85. The van der Waals surface area contributed by atoms with E-state index in [1.807, 2.05) is 45.0 Å². The molecular formula is C26H33BrN2O7S. The number of carbonyl (C=O) groups is 3. The second-order valence-electron chi connectivity index (χ2n) is 9.46. The van der Waals surface area contributed by atoms with Gasteiger partial charge in [0.05, 0.1) is 23.1 Å². The van der Waals surface area contributed by atoms with Crippen LogP contribution in [0.1, 0.15) is 50.2 Å². The summed E-state index contributed by atoms with van der Waals surface area (Å²) in [6, 6.07) is 8.03. The molecule has 0 aliphatic carbocycles. The number of hydrogen-bond donors (Lipinski definition) is 1. The molecule has 1 fully saturated rings. The van der Waals surface area contributed by atoms with Gasteiger partial charge >= 0.3 is 18.0 Å². The van der Waals surface area contributed by atoms with Crippen molar-refractivity contribution in [2.45, 2.75) is 52.2 Å². The van der Waals surface area contributed by atoms with Gasteiger partial charge in [-0.2, -0.15) is 0 Å². The van der Waals surface area contributed by atoms with Crippen molar-refractivity contribution in [2.75, 3.05) is 38.7 Å². The molecule has 11 heteroatoms. The summed E-state index contributed by atoms with van der Waals surface area (Å²) in [6.07, 6.45) is 1.31. The lowest BCUT2D eigenvalue weighted by Crippen LogP contribution is -2.44. The van der Waals surface area contributed by atoms with Gasteiger partial charge in [-0.15, -0.1) is 11.3 Å². The summed E-state index contributed by atoms with van der Waals surface area (Å²) in [5, 5.41) is 3.55. The molecule has 0 bridgehead atoms. The summed E-state index contributed by atoms with van der Waals surface area (Å²) in [6.45, 7) is 8.45. The van der Waals surface area contributed by atoms with E-state index in [-0.39, 0.29) is 36.0 Å². The molecule has 1 N–H and O–H groups in total. The van der Waals surface area contributed by atoms with Gasteiger partial charge in [0.25, 0.3) is 0 Å². The van der Waals surface area contributed by atoms with E-state index >= 15 is 0 Å². The van der Waals surface area contributed by atoms with Crippen LogP contribution in [-0.2, 0) is 19.0 Å². The van der Waals surface area contributed by atoms with Crippen LogP contribution in [0.15, 0.2) is 28.7 Å². The Morgan fingerprint density at radius 1 is 1.19 bits per heavy atom. The maximum absolute atomic E-state index is 12.4. The quantitative estimate of drug-likeness (QED) is 0.305. The van der Waals surface area contributed by atoms with Crippen molar-refractivity contribution in [1.29, 1.82) is 0 Å². The largest absolute Gasteiger partial charge is 0.479 e. The molecule has 1 aromatic carbocycles. The highest BCUT2D eigenvalue weighted by molar-refractivity contribution is 9.10. The first-order chi connectivity index (χ1) is 17.5. The maximum atomic E-state index is 12.4. The van der Waals surface area contributed by atoms with Gasteiger partial charge in [0.15, 0.2) is 17.2 Å². The molecule has 1 aliphatic heterocycles. The number of nitrogens with one attached hydrogen (secondary N) is 1. The number of piperidine rings is 1. The first-order valence-electron chi connectivity index (χ1n) is 12.1. The number of amides is 1. The van der Waals surface area contributed by atoms with Gasteiger partial charge in [-0.25, -0.2) is 14.4 Å². The van der Waals surface area contributed by atoms with Gasteiger partial charge < -0.3 is 29.2 Å². The fourth-order valence-electron chi connectivity index (χ4n) is 3.79. The number of methoxy groups -OCH3 is 1. The third-order valence-corrected chi connectivity index (χ3v) is 7.68. The van der Waals surface area contributed by atoms with Crippen LogP contribution in [0.4, 0.5) is 10.5 Å². The molecule has 2 heterocycles. The number of carbonyl (C=O) groups excluding carboxylic acids is 3. The number of nitrogens with zero attached hydrogens (tertiary/aromatic N) is 1. The van der Waals surface area contributed by atoms with Gasteiger partial charge in [-0.3, -0.25) is 0 Å². The van der Waals surface area contributed by atoms with E-state index in [9.17, 15) is 14.4 Å². The zero-order chi connectivity index (χ0) is 27.2. The fourth-order valence-corrected chi connectivity index (χ4v) is 5.76. The van der Waals surface area contributed by atoms with Crippen molar-refractivity contribution < 1.29 is 33.3 Å². The number of likely N-dealkylation sites (tertiary alicyclic amines) is 1. The SMILES string of the molecule is CCOC(=O)COc1c(C(=O)OC)sc(-c2cccc(NC3CCN(C(=O)OC(C)(C)C)CC3)c2)c1Br. The normalized spacial score (nSPS) is 14.2. The van der Waals surface area contributed by atoms with Crippen molar-refractivity contribution in [3.63, 3.8) is 0 Å². The van der Waals surface area contributed by atoms with E-state index in [0.717, 1.165) is 29.0 Å². The zero-order valence-corrected chi connectivity index (χ0v) is 24.1. The van der Waals surface area contributed by atoms with E-state index in [2.05, 4.69) is 21.2 Å². The van der Waals surface area contributed by atoms with Crippen LogP contribution >= 0.6 is 27.3 Å². The predicted molar refractivity (Wildman–Crippen MR) is 145 cm³/mol. The van der Waals surface area contributed by atoms with Crippen LogP contribution < -0.4 is 10.1 Å². The lowest BCUT2D eigenvalue weighted by Gasteiger charge is -2.34. The second-order valence-corrected chi connectivity index (χ2v) is 11.3. The first-order valence-corrected chi connectivity index (χ1v) is 13.7. The molecule has 202 valence electrons. The van der Waals surface area contributed by atoms with Crippen molar-refractivity contribution in [3.8, 4) is 16.2 Å². The van der Waals surface area contributed by atoms with E-state index < -0.39 is 17.5 Å². The van der Waals surface area contributed by atoms with E-state index in [0.29, 0.717) is 17.6 Å². The summed E-state index contributed by atoms with van der Waals surface area (Å²) in [7, 11) is 1.30. The van der Waals surface area contributed by atoms with Gasteiger partial charge in [-0.1, -0.05) is 12.1 Å². The average Bonchev–Trinajstić information content (AvgIpc) is 3.18. The molecule has 0 radical (unpaired) electrons. The molecule has 0 atom stereocenters. The van der Waals surface area contributed by atoms with Crippen LogP contribution in [0.3, 0.4) is 0 Å². The lowest BCUT2D eigenvalue weighted by atomic mass is 10.0. The van der Waals surface area contributed by atoms with Crippen molar-refractivity contribution in [2.24, 2.45) is 0 Å². The minimum atomic E-state index is -0.554. The summed E-state index contributed by atoms with van der Waals surface area (Å²) < 4.78 is 21.5. The highest BCUT2D eigenvalue weighted by Gasteiger charge is 2.28. The minimum absolute atomic E-state index is 0.204. The Bertz CT molecular complexity index is 1120. The number of rotatable bonds is 8.